The molecule has 3 heterocycles. The standard InChI is InChI=1S/C25H41N11O2/c1-2-3-4-5-22(38)31-20-7-6-19(10-21(20)37)30-23-32-24(35-11-15(26)8-16(27)12-35)34-25(33-23)36-13-17(28)9-18(29)14-36/h6-7,10,15-18,37H,2-5,8-9,11-14,26-29H2,1H3,(H,31,38)(H,30,32,33,34)/t15-,16+,17-,18+. The lowest BCUT2D eigenvalue weighted by Gasteiger charge is -2.37. The third kappa shape index (κ3) is 7.40. The van der Waals surface area contributed by atoms with Gasteiger partial charge < -0.3 is 48.5 Å². The lowest BCUT2D eigenvalue weighted by molar-refractivity contribution is -0.116. The number of carbonyl (C=O) groups is 1. The summed E-state index contributed by atoms with van der Waals surface area (Å²) in [6.45, 7) is 4.37. The number of phenols is 1. The van der Waals surface area contributed by atoms with E-state index in [1.165, 1.54) is 6.07 Å². The summed E-state index contributed by atoms with van der Waals surface area (Å²) in [6.07, 6.45) is 4.72. The molecular weight excluding hydrogens is 486 g/mol. The maximum absolute atomic E-state index is 12.2. The summed E-state index contributed by atoms with van der Waals surface area (Å²) >= 11 is 0. The smallest absolute Gasteiger partial charge is 0.233 e. The van der Waals surface area contributed by atoms with Crippen LogP contribution >= 0.6 is 0 Å². The maximum atomic E-state index is 12.2. The number of aromatic nitrogens is 3. The summed E-state index contributed by atoms with van der Waals surface area (Å²) in [4.78, 5) is 30.1. The van der Waals surface area contributed by atoms with Gasteiger partial charge in [0.05, 0.1) is 5.69 Å². The van der Waals surface area contributed by atoms with E-state index in [1.807, 2.05) is 9.80 Å². The van der Waals surface area contributed by atoms with Gasteiger partial charge >= 0.3 is 0 Å². The van der Waals surface area contributed by atoms with Gasteiger partial charge in [-0.3, -0.25) is 4.79 Å². The quantitative estimate of drug-likeness (QED) is 0.176. The largest absolute Gasteiger partial charge is 0.506 e. The first-order chi connectivity index (χ1) is 18.2. The molecule has 0 unspecified atom stereocenters. The number of anilines is 5. The molecule has 11 N–H and O–H groups in total. The molecule has 0 radical (unpaired) electrons. The predicted molar refractivity (Wildman–Crippen MR) is 150 cm³/mol. The molecule has 1 aromatic heterocycles. The zero-order chi connectivity index (χ0) is 27.2. The monoisotopic (exact) mass is 527 g/mol. The fourth-order valence-corrected chi connectivity index (χ4v) is 4.97. The minimum Gasteiger partial charge on any atom is -0.506 e. The van der Waals surface area contributed by atoms with Crippen LogP contribution in [-0.4, -0.2) is 76.3 Å². The molecule has 4 rings (SSSR count). The Morgan fingerprint density at radius 3 is 1.97 bits per heavy atom. The van der Waals surface area contributed by atoms with E-state index in [4.69, 9.17) is 27.9 Å². The van der Waals surface area contributed by atoms with Crippen molar-refractivity contribution in [1.29, 1.82) is 0 Å². The van der Waals surface area contributed by atoms with Crippen LogP contribution < -0.4 is 43.4 Å². The van der Waals surface area contributed by atoms with Gasteiger partial charge in [0.25, 0.3) is 0 Å². The van der Waals surface area contributed by atoms with Gasteiger partial charge in [0.2, 0.25) is 23.8 Å². The number of piperidine rings is 2. The van der Waals surface area contributed by atoms with E-state index in [-0.39, 0.29) is 35.8 Å². The first-order valence-corrected chi connectivity index (χ1v) is 13.4. The number of hydrogen-bond acceptors (Lipinski definition) is 12. The molecule has 13 heteroatoms. The second-order valence-corrected chi connectivity index (χ2v) is 10.4. The van der Waals surface area contributed by atoms with Crippen molar-refractivity contribution >= 4 is 35.1 Å². The zero-order valence-electron chi connectivity index (χ0n) is 22.0. The number of aromatic hydroxyl groups is 1. The van der Waals surface area contributed by atoms with Gasteiger partial charge in [-0.05, 0) is 31.4 Å². The SMILES string of the molecule is CCCCCC(=O)Nc1ccc(Nc2nc(N3C[C@H](N)C[C@H](N)C3)nc(N3C[C@H](N)C[C@H](N)C3)n2)cc1O. The van der Waals surface area contributed by atoms with Gasteiger partial charge in [0.1, 0.15) is 5.75 Å². The molecule has 38 heavy (non-hydrogen) atoms. The van der Waals surface area contributed by atoms with Gasteiger partial charge in [0, 0.05) is 68.5 Å². The fourth-order valence-electron chi connectivity index (χ4n) is 4.97. The van der Waals surface area contributed by atoms with E-state index in [0.29, 0.717) is 61.8 Å². The highest BCUT2D eigenvalue weighted by Gasteiger charge is 2.28. The summed E-state index contributed by atoms with van der Waals surface area (Å²) in [6, 6.07) is 4.54. The highest BCUT2D eigenvalue weighted by molar-refractivity contribution is 5.92. The lowest BCUT2D eigenvalue weighted by Crippen LogP contribution is -2.54. The fraction of sp³-hybridized carbons (Fsp3) is 0.600. The minimum atomic E-state index is -0.128. The van der Waals surface area contributed by atoms with E-state index in [1.54, 1.807) is 12.1 Å². The van der Waals surface area contributed by atoms with E-state index < -0.39 is 0 Å². The van der Waals surface area contributed by atoms with Crippen LogP contribution in [0.1, 0.15) is 45.4 Å². The molecule has 2 aromatic rings. The Bertz CT molecular complexity index is 1040. The van der Waals surface area contributed by atoms with Crippen LogP contribution in [0.15, 0.2) is 18.2 Å². The molecule has 2 aliphatic heterocycles. The Kier molecular flexibility index (Phi) is 9.15. The molecule has 1 amide bonds. The third-order valence-electron chi connectivity index (χ3n) is 6.74. The summed E-state index contributed by atoms with van der Waals surface area (Å²) in [7, 11) is 0. The Labute approximate surface area is 223 Å². The number of amides is 1. The first kappa shape index (κ1) is 27.8. The zero-order valence-corrected chi connectivity index (χ0v) is 22.0. The number of phenolic OH excluding ortho intramolecular Hbond substituents is 1. The van der Waals surface area contributed by atoms with Gasteiger partial charge in [-0.2, -0.15) is 15.0 Å². The van der Waals surface area contributed by atoms with E-state index in [0.717, 1.165) is 32.1 Å². The Hall–Kier alpha value is -3.26. The second-order valence-electron chi connectivity index (χ2n) is 10.4. The van der Waals surface area contributed by atoms with E-state index >= 15 is 0 Å². The van der Waals surface area contributed by atoms with Crippen molar-refractivity contribution in [1.82, 2.24) is 15.0 Å². The molecule has 2 saturated heterocycles. The van der Waals surface area contributed by atoms with Crippen molar-refractivity contribution < 1.29 is 9.90 Å². The van der Waals surface area contributed by atoms with Crippen LogP contribution in [-0.2, 0) is 4.79 Å². The molecule has 1 aromatic carbocycles. The number of rotatable bonds is 9. The van der Waals surface area contributed by atoms with Crippen LogP contribution in [0.4, 0.5) is 29.2 Å². The number of nitrogens with one attached hydrogen (secondary N) is 2. The highest BCUT2D eigenvalue weighted by Crippen LogP contribution is 2.29. The van der Waals surface area contributed by atoms with Crippen LogP contribution in [0.5, 0.6) is 5.75 Å². The molecule has 0 saturated carbocycles. The molecule has 2 aliphatic rings. The molecule has 0 spiro atoms. The van der Waals surface area contributed by atoms with Crippen LogP contribution in [0, 0.1) is 0 Å². The van der Waals surface area contributed by atoms with Crippen LogP contribution in [0.3, 0.4) is 0 Å². The Balaban J connectivity index is 1.56. The molecule has 0 aliphatic carbocycles. The lowest BCUT2D eigenvalue weighted by atomic mass is 10.0. The third-order valence-corrected chi connectivity index (χ3v) is 6.74. The predicted octanol–water partition coefficient (Wildman–Crippen LogP) is 0.569. The summed E-state index contributed by atoms with van der Waals surface area (Å²) in [5.41, 5.74) is 25.8. The first-order valence-electron chi connectivity index (χ1n) is 13.4. The van der Waals surface area contributed by atoms with Crippen LogP contribution in [0.2, 0.25) is 0 Å². The highest BCUT2D eigenvalue weighted by atomic mass is 16.3. The maximum Gasteiger partial charge on any atom is 0.233 e. The number of nitrogens with two attached hydrogens (primary N) is 4. The Morgan fingerprint density at radius 2 is 1.47 bits per heavy atom. The summed E-state index contributed by atoms with van der Waals surface area (Å²) in [5, 5.41) is 16.5. The average Bonchev–Trinajstić information content (AvgIpc) is 2.84. The van der Waals surface area contributed by atoms with Crippen molar-refractivity contribution in [2.45, 2.75) is 69.6 Å². The molecule has 0 bridgehead atoms. The van der Waals surface area contributed by atoms with Crippen molar-refractivity contribution in [3.63, 3.8) is 0 Å². The second kappa shape index (κ2) is 12.5. The van der Waals surface area contributed by atoms with Gasteiger partial charge in [-0.25, -0.2) is 0 Å². The topological polar surface area (TPSA) is 211 Å². The number of nitrogens with zero attached hydrogens (tertiary/aromatic N) is 5. The number of carbonyl (C=O) groups excluding carboxylic acids is 1. The van der Waals surface area contributed by atoms with Crippen molar-refractivity contribution in [2.24, 2.45) is 22.9 Å². The summed E-state index contributed by atoms with van der Waals surface area (Å²) < 4.78 is 0. The molecule has 13 nitrogen and oxygen atoms in total. The molecule has 208 valence electrons. The van der Waals surface area contributed by atoms with Crippen LogP contribution in [0.25, 0.3) is 0 Å². The number of hydrogen-bond donors (Lipinski definition) is 7. The molecule has 2 fully saturated rings. The van der Waals surface area contributed by atoms with Gasteiger partial charge in [-0.15, -0.1) is 0 Å². The minimum absolute atomic E-state index is 0.0608. The summed E-state index contributed by atoms with van der Waals surface area (Å²) in [5.74, 6) is 1.01. The average molecular weight is 528 g/mol. The molecular formula is C25H41N11O2. The Morgan fingerprint density at radius 1 is 0.921 bits per heavy atom. The van der Waals surface area contributed by atoms with Crippen molar-refractivity contribution in [2.75, 3.05) is 46.6 Å². The van der Waals surface area contributed by atoms with Gasteiger partial charge in [-0.1, -0.05) is 19.8 Å². The number of benzene rings is 1. The number of unbranched alkanes of at least 4 members (excludes halogenated alkanes) is 2. The molecule has 4 atom stereocenters. The van der Waals surface area contributed by atoms with E-state index in [2.05, 4.69) is 27.5 Å². The normalized spacial score (nSPS) is 23.8. The van der Waals surface area contributed by atoms with Gasteiger partial charge in [0.15, 0.2) is 0 Å². The van der Waals surface area contributed by atoms with Crippen molar-refractivity contribution in [3.05, 3.63) is 18.2 Å². The van der Waals surface area contributed by atoms with Crippen molar-refractivity contribution in [3.8, 4) is 5.75 Å². The van der Waals surface area contributed by atoms with E-state index in [9.17, 15) is 9.90 Å².